The normalized spacial score (nSPS) is 10.1. The number of benzene rings is 2. The Morgan fingerprint density at radius 2 is 1.95 bits per heavy atom. The van der Waals surface area contributed by atoms with Gasteiger partial charge in [-0.1, -0.05) is 30.3 Å². The van der Waals surface area contributed by atoms with Gasteiger partial charge in [0.05, 0.1) is 11.3 Å². The van der Waals surface area contributed by atoms with Gasteiger partial charge in [-0.2, -0.15) is 0 Å². The Balaban J connectivity index is 2.28. The van der Waals surface area contributed by atoms with Gasteiger partial charge in [0, 0.05) is 7.05 Å². The number of ether oxygens (including phenoxy) is 1. The predicted molar refractivity (Wildman–Crippen MR) is 82.5 cm³/mol. The van der Waals surface area contributed by atoms with Gasteiger partial charge in [-0.25, -0.2) is 9.18 Å². The first-order chi connectivity index (χ1) is 10.5. The summed E-state index contributed by atoms with van der Waals surface area (Å²) in [6.07, 6.45) is 0. The zero-order chi connectivity index (χ0) is 16.1. The molecule has 0 amide bonds. The van der Waals surface area contributed by atoms with Gasteiger partial charge in [-0.15, -0.1) is 0 Å². The van der Waals surface area contributed by atoms with Gasteiger partial charge in [0.2, 0.25) is 0 Å². The highest BCUT2D eigenvalue weighted by atomic mass is 19.1. The summed E-state index contributed by atoms with van der Waals surface area (Å²) in [7, 11) is 1.57. The van der Waals surface area contributed by atoms with Crippen LogP contribution < -0.4 is 11.1 Å². The molecule has 2 aromatic carbocycles. The van der Waals surface area contributed by atoms with E-state index in [1.165, 1.54) is 12.1 Å². The number of anilines is 1. The van der Waals surface area contributed by atoms with Crippen molar-refractivity contribution in [3.05, 3.63) is 65.0 Å². The second-order valence-electron chi connectivity index (χ2n) is 4.58. The molecule has 114 valence electrons. The molecule has 5 nitrogen and oxygen atoms in total. The van der Waals surface area contributed by atoms with E-state index < -0.39 is 17.6 Å². The average Bonchev–Trinajstić information content (AvgIpc) is 2.52. The van der Waals surface area contributed by atoms with E-state index in [0.717, 1.165) is 5.56 Å². The Hall–Kier alpha value is -2.89. The molecular formula is C16H16FN3O2. The highest BCUT2D eigenvalue weighted by Gasteiger charge is 2.22. The van der Waals surface area contributed by atoms with Crippen molar-refractivity contribution in [3.63, 3.8) is 0 Å². The van der Waals surface area contributed by atoms with Crippen molar-refractivity contribution in [2.24, 2.45) is 5.73 Å². The van der Waals surface area contributed by atoms with Crippen LogP contribution in [0.25, 0.3) is 0 Å². The van der Waals surface area contributed by atoms with E-state index in [1.807, 2.05) is 18.2 Å². The monoisotopic (exact) mass is 301 g/mol. The number of esters is 1. The van der Waals surface area contributed by atoms with Crippen LogP contribution in [0, 0.1) is 11.2 Å². The van der Waals surface area contributed by atoms with E-state index in [0.29, 0.717) is 0 Å². The van der Waals surface area contributed by atoms with E-state index in [4.69, 9.17) is 15.9 Å². The standard InChI is InChI=1S/C16H16FN3O2/c1-20-12-8-7-11(15(18)19)14(17)13(12)16(21)22-9-10-5-3-2-4-6-10/h2-8,20H,9H2,1H3,(H3,18,19). The van der Waals surface area contributed by atoms with Crippen molar-refractivity contribution in [2.45, 2.75) is 6.61 Å². The lowest BCUT2D eigenvalue weighted by Crippen LogP contribution is -2.18. The van der Waals surface area contributed by atoms with Crippen molar-refractivity contribution >= 4 is 17.5 Å². The Labute approximate surface area is 127 Å². The Bertz CT molecular complexity index is 702. The summed E-state index contributed by atoms with van der Waals surface area (Å²) in [6, 6.07) is 11.9. The minimum Gasteiger partial charge on any atom is -0.457 e. The van der Waals surface area contributed by atoms with Crippen LogP contribution in [0.4, 0.5) is 10.1 Å². The molecule has 0 spiro atoms. The van der Waals surface area contributed by atoms with E-state index >= 15 is 0 Å². The molecule has 0 fully saturated rings. The third kappa shape index (κ3) is 3.22. The third-order valence-corrected chi connectivity index (χ3v) is 3.12. The van der Waals surface area contributed by atoms with Gasteiger partial charge >= 0.3 is 5.97 Å². The first kappa shape index (κ1) is 15.5. The molecule has 22 heavy (non-hydrogen) atoms. The molecule has 0 unspecified atom stereocenters. The van der Waals surface area contributed by atoms with Crippen LogP contribution >= 0.6 is 0 Å². The largest absolute Gasteiger partial charge is 0.457 e. The molecule has 0 aliphatic carbocycles. The van der Waals surface area contributed by atoms with Crippen LogP contribution in [0.15, 0.2) is 42.5 Å². The lowest BCUT2D eigenvalue weighted by atomic mass is 10.1. The van der Waals surface area contributed by atoms with Gasteiger partial charge in [-0.3, -0.25) is 5.41 Å². The highest BCUT2D eigenvalue weighted by molar-refractivity contribution is 6.02. The second kappa shape index (κ2) is 6.71. The number of hydrogen-bond acceptors (Lipinski definition) is 4. The molecule has 0 aliphatic heterocycles. The van der Waals surface area contributed by atoms with Gasteiger partial charge < -0.3 is 15.8 Å². The summed E-state index contributed by atoms with van der Waals surface area (Å²) in [5, 5.41) is 10.1. The third-order valence-electron chi connectivity index (χ3n) is 3.12. The van der Waals surface area contributed by atoms with Crippen molar-refractivity contribution < 1.29 is 13.9 Å². The van der Waals surface area contributed by atoms with Crippen LogP contribution in [-0.4, -0.2) is 18.9 Å². The lowest BCUT2D eigenvalue weighted by molar-refractivity contribution is 0.0468. The van der Waals surface area contributed by atoms with Crippen LogP contribution in [0.2, 0.25) is 0 Å². The zero-order valence-electron chi connectivity index (χ0n) is 12.0. The molecule has 6 heteroatoms. The second-order valence-corrected chi connectivity index (χ2v) is 4.58. The number of amidine groups is 1. The maximum Gasteiger partial charge on any atom is 0.343 e. The van der Waals surface area contributed by atoms with Crippen molar-refractivity contribution in [3.8, 4) is 0 Å². The number of carbonyl (C=O) groups is 1. The van der Waals surface area contributed by atoms with Gasteiger partial charge in [0.15, 0.2) is 5.82 Å². The van der Waals surface area contributed by atoms with Crippen molar-refractivity contribution in [2.75, 3.05) is 12.4 Å². The molecule has 0 aliphatic rings. The molecule has 0 saturated carbocycles. The Kier molecular flexibility index (Phi) is 4.73. The van der Waals surface area contributed by atoms with Crippen LogP contribution in [0.5, 0.6) is 0 Å². The molecule has 0 radical (unpaired) electrons. The van der Waals surface area contributed by atoms with E-state index in [9.17, 15) is 9.18 Å². The molecule has 0 atom stereocenters. The molecule has 0 saturated heterocycles. The first-order valence-corrected chi connectivity index (χ1v) is 6.60. The maximum atomic E-state index is 14.4. The summed E-state index contributed by atoms with van der Waals surface area (Å²) < 4.78 is 19.5. The zero-order valence-corrected chi connectivity index (χ0v) is 12.0. The van der Waals surface area contributed by atoms with E-state index in [-0.39, 0.29) is 23.4 Å². The smallest absolute Gasteiger partial charge is 0.343 e. The van der Waals surface area contributed by atoms with Crippen LogP contribution in [-0.2, 0) is 11.3 Å². The number of nitrogen functional groups attached to an aromatic ring is 1. The molecular weight excluding hydrogens is 285 g/mol. The number of rotatable bonds is 5. The summed E-state index contributed by atoms with van der Waals surface area (Å²) in [5.74, 6) is -2.12. The highest BCUT2D eigenvalue weighted by Crippen LogP contribution is 2.23. The van der Waals surface area contributed by atoms with E-state index in [2.05, 4.69) is 5.32 Å². The van der Waals surface area contributed by atoms with Crippen LogP contribution in [0.1, 0.15) is 21.5 Å². The molecule has 4 N–H and O–H groups in total. The summed E-state index contributed by atoms with van der Waals surface area (Å²) in [4.78, 5) is 12.2. The van der Waals surface area contributed by atoms with Crippen LogP contribution in [0.3, 0.4) is 0 Å². The number of nitrogens with two attached hydrogens (primary N) is 1. The Morgan fingerprint density at radius 1 is 1.27 bits per heavy atom. The lowest BCUT2D eigenvalue weighted by Gasteiger charge is -2.12. The van der Waals surface area contributed by atoms with E-state index in [1.54, 1.807) is 19.2 Å². The topological polar surface area (TPSA) is 88.2 Å². The van der Waals surface area contributed by atoms with Crippen molar-refractivity contribution in [1.82, 2.24) is 0 Å². The molecule has 2 rings (SSSR count). The predicted octanol–water partition coefficient (Wildman–Crippen LogP) is 2.51. The molecule has 0 heterocycles. The SMILES string of the molecule is CNc1ccc(C(=N)N)c(F)c1C(=O)OCc1ccccc1. The van der Waals surface area contributed by atoms with Crippen molar-refractivity contribution in [1.29, 1.82) is 5.41 Å². The number of nitrogens with one attached hydrogen (secondary N) is 2. The molecule has 0 aromatic heterocycles. The number of halogens is 1. The quantitative estimate of drug-likeness (QED) is 0.450. The summed E-state index contributed by atoms with van der Waals surface area (Å²) >= 11 is 0. The fraction of sp³-hybridized carbons (Fsp3) is 0.125. The molecule has 0 bridgehead atoms. The number of carbonyl (C=O) groups excluding carboxylic acids is 1. The van der Waals surface area contributed by atoms with Gasteiger partial charge in [-0.05, 0) is 17.7 Å². The fourth-order valence-electron chi connectivity index (χ4n) is 1.99. The van der Waals surface area contributed by atoms with Gasteiger partial charge in [0.1, 0.15) is 18.0 Å². The van der Waals surface area contributed by atoms with Gasteiger partial charge in [0.25, 0.3) is 0 Å². The maximum absolute atomic E-state index is 14.4. The summed E-state index contributed by atoms with van der Waals surface area (Å²) in [5.41, 5.74) is 5.99. The fourth-order valence-corrected chi connectivity index (χ4v) is 1.99. The minimum atomic E-state index is -0.864. The molecule has 2 aromatic rings. The minimum absolute atomic E-state index is 0.0343. The Morgan fingerprint density at radius 3 is 2.55 bits per heavy atom. The average molecular weight is 301 g/mol. The summed E-state index contributed by atoms with van der Waals surface area (Å²) in [6.45, 7) is 0.0343. The first-order valence-electron chi connectivity index (χ1n) is 6.60. The number of hydrogen-bond donors (Lipinski definition) is 3.